The van der Waals surface area contributed by atoms with E-state index in [2.05, 4.69) is 24.5 Å². The monoisotopic (exact) mass is 225 g/mol. The first-order valence-electron chi connectivity index (χ1n) is 4.30. The molecule has 3 heteroatoms. The number of hydrogen-bond donors (Lipinski definition) is 2. The van der Waals surface area contributed by atoms with E-state index in [1.807, 2.05) is 13.0 Å². The van der Waals surface area contributed by atoms with Crippen LogP contribution in [0.4, 0.5) is 5.69 Å². The number of anilines is 1. The van der Waals surface area contributed by atoms with E-state index in [1.165, 1.54) is 0 Å². The first-order valence-corrected chi connectivity index (χ1v) is 5.31. The van der Waals surface area contributed by atoms with Crippen LogP contribution in [0.2, 0.25) is 5.02 Å². The highest BCUT2D eigenvalue weighted by Gasteiger charge is 2.00. The number of halogens is 1. The van der Waals surface area contributed by atoms with Crippen molar-refractivity contribution in [1.29, 1.82) is 0 Å². The van der Waals surface area contributed by atoms with Crippen LogP contribution in [-0.4, -0.2) is 5.75 Å². The summed E-state index contributed by atoms with van der Waals surface area (Å²) in [6, 6.07) is 3.64. The molecule has 1 aromatic carbocycles. The summed E-state index contributed by atoms with van der Waals surface area (Å²) in [4.78, 5) is 0. The molecule has 2 N–H and O–H groups in total. The first-order chi connectivity index (χ1) is 6.65. The third kappa shape index (κ3) is 2.87. The van der Waals surface area contributed by atoms with Crippen LogP contribution >= 0.6 is 24.2 Å². The van der Waals surface area contributed by atoms with Gasteiger partial charge in [0.2, 0.25) is 0 Å². The number of nitrogens with two attached hydrogens (primary N) is 1. The molecule has 1 nitrogen and oxygen atoms in total. The predicted molar refractivity (Wildman–Crippen MR) is 65.9 cm³/mol. The van der Waals surface area contributed by atoms with Gasteiger partial charge in [-0.05, 0) is 24.6 Å². The van der Waals surface area contributed by atoms with Gasteiger partial charge in [-0.25, -0.2) is 0 Å². The summed E-state index contributed by atoms with van der Waals surface area (Å²) < 4.78 is 0. The third-order valence-electron chi connectivity index (χ3n) is 1.82. The first kappa shape index (κ1) is 11.3. The van der Waals surface area contributed by atoms with Crippen LogP contribution in [0, 0.1) is 18.8 Å². The lowest BCUT2D eigenvalue weighted by atomic mass is 10.1. The number of aryl methyl sites for hydroxylation is 1. The van der Waals surface area contributed by atoms with Crippen molar-refractivity contribution in [2.75, 3.05) is 11.5 Å². The van der Waals surface area contributed by atoms with Crippen molar-refractivity contribution in [1.82, 2.24) is 0 Å². The molecule has 0 saturated carbocycles. The van der Waals surface area contributed by atoms with E-state index in [-0.39, 0.29) is 0 Å². The number of hydrogen-bond acceptors (Lipinski definition) is 2. The van der Waals surface area contributed by atoms with Gasteiger partial charge >= 0.3 is 0 Å². The fourth-order valence-corrected chi connectivity index (χ4v) is 1.34. The summed E-state index contributed by atoms with van der Waals surface area (Å²) in [5.41, 5.74) is 8.24. The molecule has 0 amide bonds. The van der Waals surface area contributed by atoms with Crippen molar-refractivity contribution in [3.63, 3.8) is 0 Å². The van der Waals surface area contributed by atoms with Gasteiger partial charge in [0.05, 0.1) is 5.02 Å². The normalized spacial score (nSPS) is 9.36. The lowest BCUT2D eigenvalue weighted by Crippen LogP contribution is -1.91. The minimum absolute atomic E-state index is 0.611. The number of rotatable bonds is 1. The summed E-state index contributed by atoms with van der Waals surface area (Å²) >= 11 is 10.1. The van der Waals surface area contributed by atoms with E-state index < -0.39 is 0 Å². The average Bonchev–Trinajstić information content (AvgIpc) is 2.14. The Morgan fingerprint density at radius 3 is 2.86 bits per heavy atom. The number of thiol groups is 1. The molecule has 0 aliphatic rings. The van der Waals surface area contributed by atoms with Gasteiger partial charge in [-0.15, -0.1) is 0 Å². The van der Waals surface area contributed by atoms with Crippen molar-refractivity contribution >= 4 is 29.9 Å². The lowest BCUT2D eigenvalue weighted by molar-refractivity contribution is 1.31. The molecule has 0 aromatic heterocycles. The van der Waals surface area contributed by atoms with Crippen LogP contribution in [0.3, 0.4) is 0 Å². The van der Waals surface area contributed by atoms with E-state index in [9.17, 15) is 0 Å². The fraction of sp³-hybridized carbons (Fsp3) is 0.273. The van der Waals surface area contributed by atoms with Gasteiger partial charge in [-0.1, -0.05) is 23.4 Å². The van der Waals surface area contributed by atoms with E-state index in [4.69, 9.17) is 17.3 Å². The molecule has 0 aliphatic carbocycles. The van der Waals surface area contributed by atoms with Crippen molar-refractivity contribution in [2.24, 2.45) is 0 Å². The highest BCUT2D eigenvalue weighted by Crippen LogP contribution is 2.21. The second-order valence-corrected chi connectivity index (χ2v) is 3.82. The van der Waals surface area contributed by atoms with Crippen molar-refractivity contribution in [3.8, 4) is 11.8 Å². The third-order valence-corrected chi connectivity index (χ3v) is 2.35. The average molecular weight is 226 g/mol. The number of benzene rings is 1. The second-order valence-electron chi connectivity index (χ2n) is 2.96. The van der Waals surface area contributed by atoms with Crippen LogP contribution in [0.15, 0.2) is 12.1 Å². The molecule has 0 unspecified atom stereocenters. The van der Waals surface area contributed by atoms with E-state index in [0.29, 0.717) is 10.7 Å². The molecule has 0 bridgehead atoms. The SMILES string of the molecule is Cc1cc(C#CCCS)c(Cl)cc1N. The maximum Gasteiger partial charge on any atom is 0.0583 e. The zero-order valence-corrected chi connectivity index (χ0v) is 9.62. The minimum atomic E-state index is 0.611. The van der Waals surface area contributed by atoms with Crippen molar-refractivity contribution < 1.29 is 0 Å². The van der Waals surface area contributed by atoms with Crippen LogP contribution in [0.5, 0.6) is 0 Å². The smallest absolute Gasteiger partial charge is 0.0583 e. The molecule has 0 saturated heterocycles. The molecule has 1 rings (SSSR count). The van der Waals surface area contributed by atoms with Gasteiger partial charge in [0.15, 0.2) is 0 Å². The van der Waals surface area contributed by atoms with Crippen LogP contribution in [0.25, 0.3) is 0 Å². The van der Waals surface area contributed by atoms with Crippen LogP contribution in [-0.2, 0) is 0 Å². The molecule has 0 aliphatic heterocycles. The second kappa shape index (κ2) is 5.19. The lowest BCUT2D eigenvalue weighted by Gasteiger charge is -2.02. The Hall–Kier alpha value is -0.780. The molecule has 0 spiro atoms. The molecular formula is C11H12ClNS. The van der Waals surface area contributed by atoms with Gasteiger partial charge in [-0.3, -0.25) is 0 Å². The van der Waals surface area contributed by atoms with E-state index >= 15 is 0 Å². The van der Waals surface area contributed by atoms with Gasteiger partial charge in [0, 0.05) is 23.4 Å². The maximum absolute atomic E-state index is 5.98. The maximum atomic E-state index is 5.98. The summed E-state index contributed by atoms with van der Waals surface area (Å²) in [5, 5.41) is 0.611. The molecule has 1 aromatic rings. The molecule has 14 heavy (non-hydrogen) atoms. The standard InChI is InChI=1S/C11H12ClNS/c1-8-6-9(4-2-3-5-14)10(12)7-11(8)13/h6-7,14H,3,5,13H2,1H3. The highest BCUT2D eigenvalue weighted by molar-refractivity contribution is 7.80. The molecule has 0 fully saturated rings. The van der Waals surface area contributed by atoms with Gasteiger partial charge in [-0.2, -0.15) is 12.6 Å². The van der Waals surface area contributed by atoms with E-state index in [1.54, 1.807) is 6.07 Å². The molecule has 0 atom stereocenters. The Bertz CT molecular complexity index is 390. The Morgan fingerprint density at radius 2 is 2.21 bits per heavy atom. The Balaban J connectivity index is 3.00. The zero-order chi connectivity index (χ0) is 10.6. The van der Waals surface area contributed by atoms with Gasteiger partial charge < -0.3 is 5.73 Å². The Kier molecular flexibility index (Phi) is 4.19. The predicted octanol–water partition coefficient (Wildman–Crippen LogP) is 2.90. The van der Waals surface area contributed by atoms with Crippen LogP contribution < -0.4 is 5.73 Å². The highest BCUT2D eigenvalue weighted by atomic mass is 35.5. The summed E-state index contributed by atoms with van der Waals surface area (Å²) in [6.07, 6.45) is 0.767. The summed E-state index contributed by atoms with van der Waals surface area (Å²) in [7, 11) is 0. The minimum Gasteiger partial charge on any atom is -0.398 e. The summed E-state index contributed by atoms with van der Waals surface area (Å²) in [5.74, 6) is 6.75. The Morgan fingerprint density at radius 1 is 1.50 bits per heavy atom. The van der Waals surface area contributed by atoms with Crippen molar-refractivity contribution in [2.45, 2.75) is 13.3 Å². The molecule has 0 heterocycles. The molecule has 74 valence electrons. The largest absolute Gasteiger partial charge is 0.398 e. The van der Waals surface area contributed by atoms with Gasteiger partial charge in [0.25, 0.3) is 0 Å². The van der Waals surface area contributed by atoms with Crippen LogP contribution in [0.1, 0.15) is 17.5 Å². The quantitative estimate of drug-likeness (QED) is 0.429. The van der Waals surface area contributed by atoms with Crippen molar-refractivity contribution in [3.05, 3.63) is 28.3 Å². The topological polar surface area (TPSA) is 26.0 Å². The summed E-state index contributed by atoms with van der Waals surface area (Å²) in [6.45, 7) is 1.94. The number of nitrogen functional groups attached to an aromatic ring is 1. The fourth-order valence-electron chi connectivity index (χ4n) is 1.01. The molecular weight excluding hydrogens is 214 g/mol. The van der Waals surface area contributed by atoms with E-state index in [0.717, 1.165) is 23.3 Å². The zero-order valence-electron chi connectivity index (χ0n) is 7.97. The molecule has 0 radical (unpaired) electrons. The van der Waals surface area contributed by atoms with Gasteiger partial charge in [0.1, 0.15) is 0 Å². The Labute approximate surface area is 95.1 Å².